The summed E-state index contributed by atoms with van der Waals surface area (Å²) in [5.41, 5.74) is 3.39. The number of aromatic nitrogens is 2. The lowest BCUT2D eigenvalue weighted by Gasteiger charge is -2.23. The van der Waals surface area contributed by atoms with E-state index in [0.717, 1.165) is 28.2 Å². The van der Waals surface area contributed by atoms with Gasteiger partial charge < -0.3 is 19.1 Å². The Bertz CT molecular complexity index is 1370. The number of benzene rings is 3. The first-order valence-corrected chi connectivity index (χ1v) is 11.8. The fourth-order valence-electron chi connectivity index (χ4n) is 4.81. The molecule has 35 heavy (non-hydrogen) atoms. The van der Waals surface area contributed by atoms with Gasteiger partial charge in [0.2, 0.25) is 11.8 Å². The van der Waals surface area contributed by atoms with Crippen LogP contribution in [0.25, 0.3) is 11.0 Å². The molecule has 1 fully saturated rings. The van der Waals surface area contributed by atoms with Gasteiger partial charge >= 0.3 is 0 Å². The molecule has 0 spiro atoms. The van der Waals surface area contributed by atoms with Crippen LogP contribution in [0.3, 0.4) is 0 Å². The van der Waals surface area contributed by atoms with Crippen LogP contribution in [0.15, 0.2) is 78.9 Å². The third kappa shape index (κ3) is 4.37. The second-order valence-electron chi connectivity index (χ2n) is 8.63. The number of hydrogen-bond donors (Lipinski definition) is 0. The van der Waals surface area contributed by atoms with Gasteiger partial charge in [-0.2, -0.15) is 0 Å². The maximum atomic E-state index is 13.5. The van der Waals surface area contributed by atoms with Gasteiger partial charge in [0.25, 0.3) is 0 Å². The fraction of sp³-hybridized carbons (Fsp3) is 0.250. The van der Waals surface area contributed by atoms with E-state index in [2.05, 4.69) is 0 Å². The van der Waals surface area contributed by atoms with E-state index in [4.69, 9.17) is 9.72 Å². The number of amides is 2. The van der Waals surface area contributed by atoms with Gasteiger partial charge in [-0.3, -0.25) is 9.59 Å². The normalized spacial score (nSPS) is 15.5. The summed E-state index contributed by atoms with van der Waals surface area (Å²) >= 11 is 0. The number of imidazole rings is 1. The molecule has 1 atom stereocenters. The molecule has 0 bridgehead atoms. The van der Waals surface area contributed by atoms with E-state index in [-0.39, 0.29) is 24.3 Å². The van der Waals surface area contributed by atoms with E-state index in [1.807, 2.05) is 90.4 Å². The molecule has 0 radical (unpaired) electrons. The Hall–Kier alpha value is -4.13. The molecule has 178 valence electrons. The zero-order valence-electron chi connectivity index (χ0n) is 19.9. The monoisotopic (exact) mass is 468 g/mol. The Morgan fingerprint density at radius 2 is 1.83 bits per heavy atom. The van der Waals surface area contributed by atoms with Crippen molar-refractivity contribution < 1.29 is 14.3 Å². The molecule has 1 aliphatic rings. The highest BCUT2D eigenvalue weighted by atomic mass is 16.5. The summed E-state index contributed by atoms with van der Waals surface area (Å²) in [6, 6.07) is 25.0. The number of likely N-dealkylation sites (N-methyl/N-ethyl adjacent to an activating group) is 1. The van der Waals surface area contributed by atoms with Gasteiger partial charge in [-0.05, 0) is 43.3 Å². The summed E-state index contributed by atoms with van der Waals surface area (Å²) in [5, 5.41) is 0. The van der Waals surface area contributed by atoms with Crippen LogP contribution in [-0.2, 0) is 16.1 Å². The highest BCUT2D eigenvalue weighted by molar-refractivity contribution is 5.97. The topological polar surface area (TPSA) is 67.7 Å². The van der Waals surface area contributed by atoms with E-state index in [0.29, 0.717) is 25.3 Å². The number of fused-ring (bicyclic) bond motifs is 1. The standard InChI is InChI=1S/C28H28N4O3/c1-3-30(21-10-5-4-6-11-21)27(34)19-32-25-15-8-7-14-24(25)29-28(32)20-16-26(33)31(18-20)22-12-9-13-23(17-22)35-2/h4-15,17,20H,3,16,18-19H2,1-2H3/t20-/m0/s1. The van der Waals surface area contributed by atoms with Crippen molar-refractivity contribution >= 4 is 34.2 Å². The molecule has 4 aromatic rings. The first kappa shape index (κ1) is 22.7. The molecule has 1 saturated heterocycles. The number of ether oxygens (including phenoxy) is 1. The maximum Gasteiger partial charge on any atom is 0.246 e. The van der Waals surface area contributed by atoms with E-state index in [1.165, 1.54) is 0 Å². The summed E-state index contributed by atoms with van der Waals surface area (Å²) < 4.78 is 7.32. The van der Waals surface area contributed by atoms with Crippen molar-refractivity contribution in [3.8, 4) is 5.75 Å². The molecule has 1 aliphatic heterocycles. The molecule has 0 saturated carbocycles. The van der Waals surface area contributed by atoms with Crippen molar-refractivity contribution in [3.63, 3.8) is 0 Å². The van der Waals surface area contributed by atoms with Gasteiger partial charge in [0.05, 0.1) is 18.1 Å². The second kappa shape index (κ2) is 9.62. The predicted molar refractivity (Wildman–Crippen MR) is 137 cm³/mol. The predicted octanol–water partition coefficient (Wildman–Crippen LogP) is 4.62. The highest BCUT2D eigenvalue weighted by Gasteiger charge is 2.35. The number of carbonyl (C=O) groups is 2. The van der Waals surface area contributed by atoms with Crippen LogP contribution in [0, 0.1) is 0 Å². The largest absolute Gasteiger partial charge is 0.497 e. The highest BCUT2D eigenvalue weighted by Crippen LogP contribution is 2.34. The number of para-hydroxylation sites is 3. The van der Waals surface area contributed by atoms with E-state index >= 15 is 0 Å². The van der Waals surface area contributed by atoms with Crippen LogP contribution >= 0.6 is 0 Å². The molecule has 2 amide bonds. The summed E-state index contributed by atoms with van der Waals surface area (Å²) in [6.45, 7) is 3.19. The zero-order chi connectivity index (χ0) is 24.4. The number of anilines is 2. The molecule has 3 aromatic carbocycles. The van der Waals surface area contributed by atoms with Crippen molar-refractivity contribution in [2.45, 2.75) is 25.8 Å². The first-order chi connectivity index (χ1) is 17.1. The van der Waals surface area contributed by atoms with Gasteiger partial charge in [-0.15, -0.1) is 0 Å². The van der Waals surface area contributed by atoms with Crippen LogP contribution in [0.4, 0.5) is 11.4 Å². The third-order valence-corrected chi connectivity index (χ3v) is 6.52. The minimum atomic E-state index is -0.124. The minimum Gasteiger partial charge on any atom is -0.497 e. The lowest BCUT2D eigenvalue weighted by Crippen LogP contribution is -2.34. The summed E-state index contributed by atoms with van der Waals surface area (Å²) in [6.07, 6.45) is 0.338. The molecular weight excluding hydrogens is 440 g/mol. The van der Waals surface area contributed by atoms with E-state index in [1.54, 1.807) is 16.9 Å². The SMILES string of the molecule is CCN(C(=O)Cn1c([C@H]2CC(=O)N(c3cccc(OC)c3)C2)nc2ccccc21)c1ccccc1. The van der Waals surface area contributed by atoms with Crippen molar-refractivity contribution in [1.29, 1.82) is 0 Å². The quantitative estimate of drug-likeness (QED) is 0.397. The smallest absolute Gasteiger partial charge is 0.246 e. The Morgan fingerprint density at radius 1 is 1.06 bits per heavy atom. The molecule has 5 rings (SSSR count). The molecule has 7 heteroatoms. The lowest BCUT2D eigenvalue weighted by molar-refractivity contribution is -0.119. The summed E-state index contributed by atoms with van der Waals surface area (Å²) in [5.74, 6) is 1.37. The summed E-state index contributed by atoms with van der Waals surface area (Å²) in [4.78, 5) is 34.9. The summed E-state index contributed by atoms with van der Waals surface area (Å²) in [7, 11) is 1.61. The zero-order valence-corrected chi connectivity index (χ0v) is 19.9. The minimum absolute atomic E-state index is 0.0166. The third-order valence-electron chi connectivity index (χ3n) is 6.52. The van der Waals surface area contributed by atoms with Crippen molar-refractivity contribution in [2.75, 3.05) is 30.0 Å². The Balaban J connectivity index is 1.47. The van der Waals surface area contributed by atoms with Crippen molar-refractivity contribution in [2.24, 2.45) is 0 Å². The number of carbonyl (C=O) groups excluding carboxylic acids is 2. The van der Waals surface area contributed by atoms with E-state index in [9.17, 15) is 9.59 Å². The van der Waals surface area contributed by atoms with Gasteiger partial charge in [0, 0.05) is 42.9 Å². The van der Waals surface area contributed by atoms with Gasteiger partial charge in [-0.25, -0.2) is 4.98 Å². The number of methoxy groups -OCH3 is 1. The molecule has 1 aromatic heterocycles. The van der Waals surface area contributed by atoms with Gasteiger partial charge in [0.15, 0.2) is 0 Å². The molecule has 7 nitrogen and oxygen atoms in total. The number of nitrogens with zero attached hydrogens (tertiary/aromatic N) is 4. The second-order valence-corrected chi connectivity index (χ2v) is 8.63. The average Bonchev–Trinajstić information content (AvgIpc) is 3.45. The fourth-order valence-corrected chi connectivity index (χ4v) is 4.81. The first-order valence-electron chi connectivity index (χ1n) is 11.8. The molecule has 2 heterocycles. The molecule has 0 N–H and O–H groups in total. The van der Waals surface area contributed by atoms with Gasteiger partial charge in [0.1, 0.15) is 18.1 Å². The van der Waals surface area contributed by atoms with Crippen molar-refractivity contribution in [1.82, 2.24) is 9.55 Å². The molecule has 0 unspecified atom stereocenters. The lowest BCUT2D eigenvalue weighted by atomic mass is 10.1. The Kier molecular flexibility index (Phi) is 6.23. The molecule has 0 aliphatic carbocycles. The van der Waals surface area contributed by atoms with Crippen LogP contribution in [0.5, 0.6) is 5.75 Å². The number of hydrogen-bond acceptors (Lipinski definition) is 4. The van der Waals surface area contributed by atoms with E-state index < -0.39 is 0 Å². The molecular formula is C28H28N4O3. The average molecular weight is 469 g/mol. The Morgan fingerprint density at radius 3 is 2.60 bits per heavy atom. The van der Waals surface area contributed by atoms with Gasteiger partial charge in [-0.1, -0.05) is 36.4 Å². The van der Waals surface area contributed by atoms with Crippen LogP contribution in [0.2, 0.25) is 0 Å². The Labute approximate surface area is 204 Å². The maximum absolute atomic E-state index is 13.5. The number of rotatable bonds is 7. The van der Waals surface area contributed by atoms with Crippen LogP contribution in [0.1, 0.15) is 25.1 Å². The van der Waals surface area contributed by atoms with Crippen LogP contribution < -0.4 is 14.5 Å². The van der Waals surface area contributed by atoms with Crippen molar-refractivity contribution in [3.05, 3.63) is 84.7 Å². The van der Waals surface area contributed by atoms with Crippen LogP contribution in [-0.4, -0.2) is 41.6 Å².